The van der Waals surface area contributed by atoms with E-state index in [2.05, 4.69) is 5.32 Å². The molecule has 1 atom stereocenters. The number of hydrogen-bond acceptors (Lipinski definition) is 6. The molecule has 1 saturated heterocycles. The molecule has 172 valence electrons. The first-order valence-electron chi connectivity index (χ1n) is 10.9. The second-order valence-corrected chi connectivity index (χ2v) is 9.34. The van der Waals surface area contributed by atoms with Gasteiger partial charge in [-0.25, -0.2) is 4.99 Å². The molecule has 0 bridgehead atoms. The predicted molar refractivity (Wildman–Crippen MR) is 133 cm³/mol. The summed E-state index contributed by atoms with van der Waals surface area (Å²) in [7, 11) is 0. The number of aryl methyl sites for hydroxylation is 3. The van der Waals surface area contributed by atoms with Crippen molar-refractivity contribution in [3.05, 3.63) is 70.4 Å². The van der Waals surface area contributed by atoms with E-state index in [1.165, 1.54) is 11.8 Å². The maximum atomic E-state index is 13.5. The summed E-state index contributed by atoms with van der Waals surface area (Å²) in [6.07, 6.45) is 0. The highest BCUT2D eigenvalue weighted by Crippen LogP contribution is 2.37. The van der Waals surface area contributed by atoms with Gasteiger partial charge in [0, 0.05) is 24.5 Å². The third-order valence-electron chi connectivity index (χ3n) is 5.70. The number of nitrogens with two attached hydrogens (primary N) is 1. The van der Waals surface area contributed by atoms with Crippen LogP contribution in [-0.2, 0) is 14.3 Å². The van der Waals surface area contributed by atoms with Crippen molar-refractivity contribution in [3.63, 3.8) is 0 Å². The fourth-order valence-corrected chi connectivity index (χ4v) is 5.02. The minimum absolute atomic E-state index is 0.209. The van der Waals surface area contributed by atoms with Crippen LogP contribution in [0.25, 0.3) is 0 Å². The van der Waals surface area contributed by atoms with Gasteiger partial charge in [0.25, 0.3) is 5.91 Å². The second kappa shape index (κ2) is 9.80. The van der Waals surface area contributed by atoms with Crippen LogP contribution in [0.2, 0.25) is 0 Å². The largest absolute Gasteiger partial charge is 0.400 e. The van der Waals surface area contributed by atoms with Gasteiger partial charge in [0.05, 0.1) is 24.5 Å². The summed E-state index contributed by atoms with van der Waals surface area (Å²) >= 11 is 1.22. The summed E-state index contributed by atoms with van der Waals surface area (Å²) in [5.41, 5.74) is 11.5. The van der Waals surface area contributed by atoms with Crippen LogP contribution < -0.4 is 11.1 Å². The molecule has 0 aliphatic carbocycles. The van der Waals surface area contributed by atoms with Gasteiger partial charge in [-0.1, -0.05) is 42.1 Å². The van der Waals surface area contributed by atoms with Crippen molar-refractivity contribution in [2.75, 3.05) is 31.6 Å². The van der Waals surface area contributed by atoms with Gasteiger partial charge in [0.15, 0.2) is 0 Å². The molecule has 33 heavy (non-hydrogen) atoms. The van der Waals surface area contributed by atoms with Gasteiger partial charge in [-0.05, 0) is 49.6 Å². The number of benzene rings is 2. The predicted octanol–water partition coefficient (Wildman–Crippen LogP) is 3.47. The van der Waals surface area contributed by atoms with E-state index in [4.69, 9.17) is 15.5 Å². The Kier molecular flexibility index (Phi) is 6.85. The first-order valence-corrected chi connectivity index (χ1v) is 11.8. The van der Waals surface area contributed by atoms with Crippen LogP contribution in [0.5, 0.6) is 0 Å². The summed E-state index contributed by atoms with van der Waals surface area (Å²) in [5, 5.41) is 2.66. The van der Waals surface area contributed by atoms with Crippen molar-refractivity contribution in [1.29, 1.82) is 0 Å². The lowest BCUT2D eigenvalue weighted by molar-refractivity contribution is -0.130. The molecule has 1 fully saturated rings. The molecule has 2 aliphatic rings. The van der Waals surface area contributed by atoms with E-state index in [0.29, 0.717) is 42.6 Å². The second-order valence-electron chi connectivity index (χ2n) is 8.25. The van der Waals surface area contributed by atoms with Crippen molar-refractivity contribution >= 4 is 40.0 Å². The monoisotopic (exact) mass is 464 g/mol. The number of morpholine rings is 1. The third-order valence-corrected chi connectivity index (χ3v) is 6.93. The van der Waals surface area contributed by atoms with Gasteiger partial charge >= 0.3 is 0 Å². The first-order chi connectivity index (χ1) is 15.8. The topological polar surface area (TPSA) is 97.0 Å². The number of nitrogens with zero attached hydrogens (tertiary/aromatic N) is 2. The number of aliphatic imine (C=N–C) groups is 1. The molecule has 8 heteroatoms. The summed E-state index contributed by atoms with van der Waals surface area (Å²) in [4.78, 5) is 33.2. The molecule has 7 nitrogen and oxygen atoms in total. The highest BCUT2D eigenvalue weighted by atomic mass is 32.2. The number of amides is 2. The van der Waals surface area contributed by atoms with Crippen LogP contribution in [0.3, 0.4) is 0 Å². The number of nitrogens with one attached hydrogen (secondary N) is 1. The quantitative estimate of drug-likeness (QED) is 0.722. The zero-order chi connectivity index (χ0) is 23.5. The summed E-state index contributed by atoms with van der Waals surface area (Å²) in [5.74, 6) is -0.485. The first kappa shape index (κ1) is 23.1. The number of thioether (sulfide) groups is 1. The van der Waals surface area contributed by atoms with Crippen molar-refractivity contribution in [1.82, 2.24) is 4.90 Å². The SMILES string of the molecule is Cc1cccc(NC(=O)[C@H]2SC(=Nc3c(C)cccc3C)C(C(=O)N3CCOCC3)=C2N)c1. The molecule has 0 radical (unpaired) electrons. The third kappa shape index (κ3) is 4.96. The fourth-order valence-electron chi connectivity index (χ4n) is 3.92. The maximum Gasteiger partial charge on any atom is 0.258 e. The normalized spacial score (nSPS) is 19.8. The summed E-state index contributed by atoms with van der Waals surface area (Å²) < 4.78 is 5.39. The maximum absolute atomic E-state index is 13.5. The van der Waals surface area contributed by atoms with E-state index in [1.54, 1.807) is 4.90 Å². The zero-order valence-corrected chi connectivity index (χ0v) is 19.9. The number of para-hydroxylation sites is 1. The molecule has 0 unspecified atom stereocenters. The van der Waals surface area contributed by atoms with E-state index >= 15 is 0 Å². The Morgan fingerprint density at radius 2 is 1.76 bits per heavy atom. The lowest BCUT2D eigenvalue weighted by atomic mass is 10.1. The van der Waals surface area contributed by atoms with Gasteiger partial charge in [-0.3, -0.25) is 9.59 Å². The molecule has 2 heterocycles. The van der Waals surface area contributed by atoms with Crippen molar-refractivity contribution in [2.24, 2.45) is 10.7 Å². The minimum Gasteiger partial charge on any atom is -0.400 e. The van der Waals surface area contributed by atoms with Crippen LogP contribution in [0.15, 0.2) is 58.7 Å². The Balaban J connectivity index is 1.70. The number of anilines is 1. The smallest absolute Gasteiger partial charge is 0.258 e. The Morgan fingerprint density at radius 1 is 1.09 bits per heavy atom. The molecule has 2 amide bonds. The average molecular weight is 465 g/mol. The molecular weight excluding hydrogens is 436 g/mol. The molecule has 2 aromatic rings. The Morgan fingerprint density at radius 3 is 2.42 bits per heavy atom. The number of rotatable bonds is 4. The van der Waals surface area contributed by atoms with Crippen molar-refractivity contribution in [3.8, 4) is 0 Å². The summed E-state index contributed by atoms with van der Waals surface area (Å²) in [6, 6.07) is 13.5. The Bertz CT molecular complexity index is 1130. The molecule has 2 aliphatic heterocycles. The van der Waals surface area contributed by atoms with Gasteiger partial charge in [0.1, 0.15) is 10.3 Å². The van der Waals surface area contributed by atoms with Crippen LogP contribution in [-0.4, -0.2) is 53.3 Å². The van der Waals surface area contributed by atoms with Gasteiger partial charge in [-0.15, -0.1) is 0 Å². The van der Waals surface area contributed by atoms with Gasteiger partial charge in [0.2, 0.25) is 5.91 Å². The van der Waals surface area contributed by atoms with Crippen LogP contribution >= 0.6 is 11.8 Å². The van der Waals surface area contributed by atoms with E-state index in [1.807, 2.05) is 63.2 Å². The van der Waals surface area contributed by atoms with E-state index < -0.39 is 5.25 Å². The van der Waals surface area contributed by atoms with Gasteiger partial charge in [-0.2, -0.15) is 0 Å². The molecule has 4 rings (SSSR count). The van der Waals surface area contributed by atoms with Crippen LogP contribution in [0.1, 0.15) is 16.7 Å². The van der Waals surface area contributed by atoms with Crippen molar-refractivity contribution in [2.45, 2.75) is 26.0 Å². The summed E-state index contributed by atoms with van der Waals surface area (Å²) in [6.45, 7) is 7.84. The molecule has 0 aromatic heterocycles. The van der Waals surface area contributed by atoms with Crippen LogP contribution in [0.4, 0.5) is 11.4 Å². The zero-order valence-electron chi connectivity index (χ0n) is 19.1. The minimum atomic E-state index is -0.742. The average Bonchev–Trinajstić information content (AvgIpc) is 3.12. The molecule has 2 aromatic carbocycles. The highest BCUT2D eigenvalue weighted by Gasteiger charge is 2.40. The lowest BCUT2D eigenvalue weighted by Gasteiger charge is -2.27. The standard InChI is InChI=1S/C25H28N4O3S/c1-15-6-4-9-18(14-15)27-23(30)22-20(26)19(25(31)29-10-12-32-13-11-29)24(33-22)28-21-16(2)7-5-8-17(21)3/h4-9,14,22H,10-13,26H2,1-3H3,(H,27,30)/t22-/m0/s1. The fraction of sp³-hybridized carbons (Fsp3) is 0.320. The van der Waals surface area contributed by atoms with Gasteiger partial charge < -0.3 is 20.7 Å². The molecular formula is C25H28N4O3S. The number of carbonyl (C=O) groups excluding carboxylic acids is 2. The Hall–Kier alpha value is -3.10. The molecule has 0 spiro atoms. The highest BCUT2D eigenvalue weighted by molar-refractivity contribution is 8.16. The van der Waals surface area contributed by atoms with Crippen molar-refractivity contribution < 1.29 is 14.3 Å². The number of carbonyl (C=O) groups is 2. The number of ether oxygens (including phenoxy) is 1. The molecule has 3 N–H and O–H groups in total. The van der Waals surface area contributed by atoms with E-state index in [-0.39, 0.29) is 17.5 Å². The van der Waals surface area contributed by atoms with E-state index in [9.17, 15) is 9.59 Å². The number of hydrogen-bond donors (Lipinski definition) is 2. The van der Waals surface area contributed by atoms with Crippen LogP contribution in [0, 0.1) is 20.8 Å². The lowest BCUT2D eigenvalue weighted by Crippen LogP contribution is -2.42. The Labute approximate surface area is 198 Å². The molecule has 0 saturated carbocycles. The van der Waals surface area contributed by atoms with E-state index in [0.717, 1.165) is 22.4 Å².